The zero-order valence-electron chi connectivity index (χ0n) is 20.0. The van der Waals surface area contributed by atoms with Crippen LogP contribution in [-0.4, -0.2) is 71.9 Å². The molecule has 3 N–H and O–H groups in total. The maximum Gasteiger partial charge on any atom is 0.295 e. The topological polar surface area (TPSA) is 125 Å². The van der Waals surface area contributed by atoms with E-state index in [1.165, 1.54) is 6.07 Å². The molecule has 0 bridgehead atoms. The first-order valence-corrected chi connectivity index (χ1v) is 13.7. The minimum atomic E-state index is -3.46. The highest BCUT2D eigenvalue weighted by Crippen LogP contribution is 2.33. The molecule has 1 atom stereocenters. The van der Waals surface area contributed by atoms with E-state index in [0.717, 1.165) is 47.3 Å². The van der Waals surface area contributed by atoms with Crippen LogP contribution in [0.4, 0.5) is 11.5 Å². The van der Waals surface area contributed by atoms with E-state index in [4.69, 9.17) is 21.7 Å². The highest BCUT2D eigenvalue weighted by atomic mass is 35.5. The summed E-state index contributed by atoms with van der Waals surface area (Å²) in [4.78, 5) is 22.1. The number of nitrogens with two attached hydrogens (primary N) is 1. The smallest absolute Gasteiger partial charge is 0.295 e. The first-order valence-electron chi connectivity index (χ1n) is 11.4. The zero-order chi connectivity index (χ0) is 25.3. The van der Waals surface area contributed by atoms with Crippen molar-refractivity contribution in [1.82, 2.24) is 19.5 Å². The van der Waals surface area contributed by atoms with Crippen molar-refractivity contribution in [2.75, 3.05) is 37.9 Å². The third-order valence-corrected chi connectivity index (χ3v) is 7.03. The van der Waals surface area contributed by atoms with Gasteiger partial charge in [-0.1, -0.05) is 11.6 Å². The number of halogens is 1. The predicted octanol–water partition coefficient (Wildman–Crippen LogP) is 1.64. The maximum absolute atomic E-state index is 13.7. The number of likely N-dealkylation sites (tertiary alicyclic amines) is 1. The van der Waals surface area contributed by atoms with Crippen LogP contribution >= 0.6 is 11.6 Å². The highest BCUT2D eigenvalue weighted by Gasteiger charge is 2.33. The lowest BCUT2D eigenvalue weighted by molar-refractivity contribution is -0.396. The second-order valence-electron chi connectivity index (χ2n) is 8.95. The van der Waals surface area contributed by atoms with Gasteiger partial charge in [0, 0.05) is 49.1 Å². The number of anilines is 1. The number of sulfonamides is 1. The molecule has 2 aromatic heterocycles. The van der Waals surface area contributed by atoms with Gasteiger partial charge in [-0.3, -0.25) is 4.79 Å². The Kier molecular flexibility index (Phi) is 7.32. The summed E-state index contributed by atoms with van der Waals surface area (Å²) in [6.07, 6.45) is 5.50. The highest BCUT2D eigenvalue weighted by molar-refractivity contribution is 7.84. The number of likely N-dealkylation sites (N-methyl/N-ethyl adjacent to an activating group) is 1. The number of rotatable bonds is 7. The maximum atomic E-state index is 13.7. The number of quaternary nitrogens is 1. The minimum absolute atomic E-state index is 0.0225. The van der Waals surface area contributed by atoms with Crippen LogP contribution in [0.1, 0.15) is 46.9 Å². The van der Waals surface area contributed by atoms with E-state index in [1.807, 2.05) is 31.1 Å². The Bertz CT molecular complexity index is 1360. The van der Waals surface area contributed by atoms with Crippen molar-refractivity contribution < 1.29 is 23.0 Å². The third-order valence-electron chi connectivity index (χ3n) is 6.11. The number of fused-ring (bicyclic) bond motifs is 1. The molecule has 4 rings (SSSR count). The van der Waals surface area contributed by atoms with Crippen LogP contribution in [0.25, 0.3) is 5.65 Å². The van der Waals surface area contributed by atoms with Crippen LogP contribution in [0.15, 0.2) is 30.5 Å². The van der Waals surface area contributed by atoms with Crippen LogP contribution in [0.5, 0.6) is 0 Å². The Morgan fingerprint density at radius 3 is 2.80 bits per heavy atom. The molecule has 0 spiro atoms. The summed E-state index contributed by atoms with van der Waals surface area (Å²) in [5.41, 5.74) is 2.86. The Morgan fingerprint density at radius 2 is 2.09 bits per heavy atom. The lowest BCUT2D eigenvalue weighted by atomic mass is 9.98. The summed E-state index contributed by atoms with van der Waals surface area (Å²) < 4.78 is 26.6. The van der Waals surface area contributed by atoms with E-state index in [-0.39, 0.29) is 24.1 Å². The Hall–Kier alpha value is -2.73. The number of nitrogens with zero attached hydrogens (tertiary/aromatic N) is 5. The number of aliphatic hydroxyl groups excluding tert-OH is 1. The molecule has 188 valence electrons. The van der Waals surface area contributed by atoms with Gasteiger partial charge >= 0.3 is 0 Å². The molecule has 35 heavy (non-hydrogen) atoms. The number of aromatic nitrogens is 3. The van der Waals surface area contributed by atoms with Gasteiger partial charge in [-0.2, -0.15) is 13.5 Å². The number of amides is 1. The van der Waals surface area contributed by atoms with Gasteiger partial charge in [-0.25, -0.2) is 14.2 Å². The van der Waals surface area contributed by atoms with E-state index in [9.17, 15) is 18.3 Å². The van der Waals surface area contributed by atoms with Gasteiger partial charge in [0.25, 0.3) is 15.9 Å². The van der Waals surface area contributed by atoms with Gasteiger partial charge in [0.2, 0.25) is 0 Å². The zero-order valence-corrected chi connectivity index (χ0v) is 21.6. The quantitative estimate of drug-likeness (QED) is 0.453. The second-order valence-corrected chi connectivity index (χ2v) is 11.3. The molecule has 0 radical (unpaired) electrons. The number of carbonyl (C=O) groups is 1. The van der Waals surface area contributed by atoms with Crippen molar-refractivity contribution in [3.63, 3.8) is 0 Å². The molecule has 1 unspecified atom stereocenters. The average Bonchev–Trinajstić information content (AvgIpc) is 3.21. The van der Waals surface area contributed by atoms with Crippen LogP contribution in [0.3, 0.4) is 0 Å². The molecule has 1 amide bonds. The fourth-order valence-corrected chi connectivity index (χ4v) is 5.35. The van der Waals surface area contributed by atoms with Crippen molar-refractivity contribution in [1.29, 1.82) is 0 Å². The molecule has 0 saturated carbocycles. The van der Waals surface area contributed by atoms with Crippen molar-refractivity contribution >= 4 is 44.7 Å². The first kappa shape index (κ1) is 25.4. The molecule has 10 nitrogen and oxygen atoms in total. The van der Waals surface area contributed by atoms with E-state index < -0.39 is 10.0 Å². The van der Waals surface area contributed by atoms with Crippen LogP contribution in [0.2, 0.25) is 5.02 Å². The van der Waals surface area contributed by atoms with E-state index in [1.54, 1.807) is 21.5 Å². The van der Waals surface area contributed by atoms with Crippen LogP contribution in [-0.2, 0) is 10.0 Å². The average molecular weight is 522 g/mol. The monoisotopic (exact) mass is 521 g/mol. The van der Waals surface area contributed by atoms with Gasteiger partial charge in [0.15, 0.2) is 11.3 Å². The summed E-state index contributed by atoms with van der Waals surface area (Å²) >= 11 is 6.18. The van der Waals surface area contributed by atoms with Crippen LogP contribution in [0, 0.1) is 6.92 Å². The summed E-state index contributed by atoms with van der Waals surface area (Å²) in [7, 11) is -1.59. The molecule has 1 aliphatic heterocycles. The largest absolute Gasteiger partial charge is 0.395 e. The standard InChI is InChI=1S/C23H29ClN6O4S/c1-15-14-30-21(25-22(15)28(2)10-11-31)13-19(26-30)20-6-4-5-9-29(20)23(32)17-12-16(24)7-8-18(17)27-35(3,33)34/h7-8,12-14,20,27,31H,4-6,9-11H2,1-3H3/p+1. The summed E-state index contributed by atoms with van der Waals surface area (Å²) in [5.74, 6) is 0.478. The number of primary sulfonamides is 1. The predicted molar refractivity (Wildman–Crippen MR) is 134 cm³/mol. The first-order chi connectivity index (χ1) is 16.6. The molecule has 1 aliphatic rings. The number of benzene rings is 1. The van der Waals surface area contributed by atoms with Crippen molar-refractivity contribution in [2.45, 2.75) is 32.2 Å². The normalized spacial score (nSPS) is 16.6. The molecular weight excluding hydrogens is 492 g/mol. The summed E-state index contributed by atoms with van der Waals surface area (Å²) in [6, 6.07) is 6.25. The lowest BCUT2D eigenvalue weighted by Crippen LogP contribution is -2.81. The van der Waals surface area contributed by atoms with Crippen LogP contribution < -0.4 is 9.62 Å². The molecule has 3 aromatic rings. The fourth-order valence-electron chi connectivity index (χ4n) is 4.51. The molecule has 1 fully saturated rings. The minimum Gasteiger partial charge on any atom is -0.395 e. The van der Waals surface area contributed by atoms with Gasteiger partial charge in [-0.05, 0) is 38.3 Å². The molecule has 0 aliphatic carbocycles. The summed E-state index contributed by atoms with van der Waals surface area (Å²) in [5, 5.41) is 14.4. The number of carbonyl (C=O) groups excluding carboxylic acids is 1. The van der Waals surface area contributed by atoms with Crippen molar-refractivity contribution in [3.8, 4) is 0 Å². The Balaban J connectivity index is 1.71. The second kappa shape index (κ2) is 10.1. The van der Waals surface area contributed by atoms with Gasteiger partial charge in [0.05, 0.1) is 24.6 Å². The Morgan fingerprint density at radius 1 is 1.31 bits per heavy atom. The fraction of sp³-hybridized carbons (Fsp3) is 0.435. The van der Waals surface area contributed by atoms with Crippen molar-refractivity contribution in [2.24, 2.45) is 0 Å². The third kappa shape index (κ3) is 5.58. The number of hydrogen-bond donors (Lipinski definition) is 2. The van der Waals surface area contributed by atoms with E-state index in [2.05, 4.69) is 0 Å². The number of piperidine rings is 1. The van der Waals surface area contributed by atoms with E-state index >= 15 is 0 Å². The van der Waals surface area contributed by atoms with E-state index in [0.29, 0.717) is 29.4 Å². The number of hydrogen-bond acceptors (Lipinski definition) is 7. The molecule has 1 saturated heterocycles. The molecule has 12 heteroatoms. The Labute approximate surface area is 209 Å². The van der Waals surface area contributed by atoms with Gasteiger partial charge in [-0.15, -0.1) is 0 Å². The summed E-state index contributed by atoms with van der Waals surface area (Å²) in [6.45, 7) is 2.95. The molecule has 1 aromatic carbocycles. The van der Waals surface area contributed by atoms with Crippen molar-refractivity contribution in [3.05, 3.63) is 52.3 Å². The SMILES string of the molecule is Cc1cn2nc(C3CCCCN3C(=O)c3cc(Cl)ccc3[NH2+]S(C)(=O)=O)cc2nc1N(C)CCO. The number of aryl methyl sites for hydroxylation is 1. The molecule has 3 heterocycles. The van der Waals surface area contributed by atoms with Gasteiger partial charge in [0.1, 0.15) is 11.4 Å². The van der Waals surface area contributed by atoms with Gasteiger partial charge < -0.3 is 14.9 Å². The lowest BCUT2D eigenvalue weighted by Gasteiger charge is -2.34. The number of aliphatic hydroxyl groups is 1. The molecular formula is C23H30ClN6O4S+.